The van der Waals surface area contributed by atoms with Crippen LogP contribution in [0, 0.1) is 0 Å². The van der Waals surface area contributed by atoms with Crippen LogP contribution < -0.4 is 5.32 Å². The van der Waals surface area contributed by atoms with Crippen LogP contribution in [0.25, 0.3) is 0 Å². The summed E-state index contributed by atoms with van der Waals surface area (Å²) in [6.07, 6.45) is 3.27. The molecular weight excluding hydrogens is 262 g/mol. The molecule has 0 amide bonds. The van der Waals surface area contributed by atoms with Crippen molar-refractivity contribution in [3.8, 4) is 0 Å². The molecule has 1 aliphatic carbocycles. The van der Waals surface area contributed by atoms with E-state index in [1.807, 2.05) is 28.8 Å². The molecule has 3 rings (SSSR count). The van der Waals surface area contributed by atoms with Crippen LogP contribution in [0.3, 0.4) is 0 Å². The summed E-state index contributed by atoms with van der Waals surface area (Å²) in [6, 6.07) is 6.64. The van der Waals surface area contributed by atoms with E-state index >= 15 is 0 Å². The summed E-state index contributed by atoms with van der Waals surface area (Å²) in [6.45, 7) is 0.639. The maximum Gasteiger partial charge on any atom is 0.101 e. The molecule has 2 nitrogen and oxygen atoms in total. The van der Waals surface area contributed by atoms with Crippen molar-refractivity contribution in [2.45, 2.75) is 31.4 Å². The number of aryl methyl sites for hydroxylation is 1. The summed E-state index contributed by atoms with van der Waals surface area (Å²) >= 11 is 3.48. The molecule has 0 spiro atoms. The maximum atomic E-state index is 10.1. The van der Waals surface area contributed by atoms with Crippen LogP contribution in [-0.2, 0) is 6.42 Å². The summed E-state index contributed by atoms with van der Waals surface area (Å²) in [7, 11) is 0. The van der Waals surface area contributed by atoms with Gasteiger partial charge in [0, 0.05) is 22.3 Å². The van der Waals surface area contributed by atoms with Crippen LogP contribution in [0.1, 0.15) is 40.3 Å². The Kier molecular flexibility index (Phi) is 3.80. The van der Waals surface area contributed by atoms with Gasteiger partial charge in [-0.3, -0.25) is 0 Å². The average Bonchev–Trinajstić information content (AvgIpc) is 3.05. The Morgan fingerprint density at radius 2 is 2.28 bits per heavy atom. The Morgan fingerprint density at radius 1 is 1.33 bits per heavy atom. The Hall–Kier alpha value is -0.680. The normalized spacial score (nSPS) is 20.6. The second kappa shape index (κ2) is 5.53. The van der Waals surface area contributed by atoms with E-state index in [1.165, 1.54) is 29.7 Å². The van der Waals surface area contributed by atoms with Crippen molar-refractivity contribution in [2.24, 2.45) is 0 Å². The van der Waals surface area contributed by atoms with Gasteiger partial charge in [-0.25, -0.2) is 0 Å². The average molecular weight is 279 g/mol. The molecule has 4 heteroatoms. The Bertz CT molecular complexity index is 492. The third kappa shape index (κ3) is 2.52. The van der Waals surface area contributed by atoms with E-state index in [1.54, 1.807) is 11.3 Å². The maximum absolute atomic E-state index is 10.1. The van der Waals surface area contributed by atoms with Gasteiger partial charge in [-0.05, 0) is 47.7 Å². The summed E-state index contributed by atoms with van der Waals surface area (Å²) < 4.78 is 0. The van der Waals surface area contributed by atoms with E-state index in [0.29, 0.717) is 12.6 Å². The van der Waals surface area contributed by atoms with Crippen LogP contribution in [0.4, 0.5) is 0 Å². The summed E-state index contributed by atoms with van der Waals surface area (Å²) in [4.78, 5) is 2.56. The highest BCUT2D eigenvalue weighted by Crippen LogP contribution is 2.33. The number of rotatable bonds is 4. The molecule has 2 heterocycles. The zero-order chi connectivity index (χ0) is 12.4. The number of hydrogen-bond donors (Lipinski definition) is 2. The van der Waals surface area contributed by atoms with Gasteiger partial charge in [0.05, 0.1) is 0 Å². The molecule has 0 saturated carbocycles. The van der Waals surface area contributed by atoms with Gasteiger partial charge < -0.3 is 10.4 Å². The Labute approximate surface area is 115 Å². The monoisotopic (exact) mass is 279 g/mol. The fourth-order valence-corrected chi connectivity index (χ4v) is 4.23. The van der Waals surface area contributed by atoms with Crippen LogP contribution in [0.5, 0.6) is 0 Å². The highest BCUT2D eigenvalue weighted by molar-refractivity contribution is 7.10. The number of aliphatic hydroxyl groups is 1. The third-order valence-corrected chi connectivity index (χ3v) is 5.45. The zero-order valence-corrected chi connectivity index (χ0v) is 11.8. The van der Waals surface area contributed by atoms with Gasteiger partial charge in [-0.15, -0.1) is 22.7 Å². The number of thiophene rings is 2. The fourth-order valence-electron chi connectivity index (χ4n) is 2.53. The number of hydrogen-bond acceptors (Lipinski definition) is 4. The van der Waals surface area contributed by atoms with Crippen molar-refractivity contribution in [2.75, 3.05) is 6.54 Å². The zero-order valence-electron chi connectivity index (χ0n) is 10.1. The molecule has 1 aliphatic rings. The van der Waals surface area contributed by atoms with Gasteiger partial charge in [0.15, 0.2) is 0 Å². The first kappa shape index (κ1) is 12.4. The van der Waals surface area contributed by atoms with Crippen molar-refractivity contribution in [3.05, 3.63) is 44.3 Å². The van der Waals surface area contributed by atoms with Crippen LogP contribution in [0.15, 0.2) is 29.0 Å². The Morgan fingerprint density at radius 3 is 3.11 bits per heavy atom. The summed E-state index contributed by atoms with van der Waals surface area (Å²) in [5.74, 6) is 0. The fraction of sp³-hybridized carbons (Fsp3) is 0.429. The number of nitrogens with one attached hydrogen (secondary N) is 1. The lowest BCUT2D eigenvalue weighted by Gasteiger charge is -2.24. The van der Waals surface area contributed by atoms with E-state index in [-0.39, 0.29) is 6.10 Å². The number of fused-ring (bicyclic) bond motifs is 1. The predicted octanol–water partition coefficient (Wildman–Crippen LogP) is 3.51. The highest BCUT2D eigenvalue weighted by atomic mass is 32.1. The molecule has 2 unspecified atom stereocenters. The standard InChI is InChI=1S/C14H17NOS2/c16-12(14-5-2-7-17-14)9-15-11-3-1-4-13-10(11)6-8-18-13/h2,5-8,11-12,15-16H,1,3-4,9H2. The first-order valence-electron chi connectivity index (χ1n) is 6.35. The molecule has 18 heavy (non-hydrogen) atoms. The first-order valence-corrected chi connectivity index (χ1v) is 8.11. The molecule has 2 atom stereocenters. The summed E-state index contributed by atoms with van der Waals surface area (Å²) in [5, 5.41) is 17.8. The van der Waals surface area contributed by atoms with E-state index in [2.05, 4.69) is 16.8 Å². The van der Waals surface area contributed by atoms with Gasteiger partial charge in [0.25, 0.3) is 0 Å². The molecule has 2 N–H and O–H groups in total. The second-order valence-corrected chi connectivity index (χ2v) is 6.66. The van der Waals surface area contributed by atoms with Gasteiger partial charge in [-0.1, -0.05) is 6.07 Å². The molecule has 0 fully saturated rings. The minimum Gasteiger partial charge on any atom is -0.386 e. The quantitative estimate of drug-likeness (QED) is 0.897. The molecule has 0 saturated heterocycles. The van der Waals surface area contributed by atoms with Crippen LogP contribution in [0.2, 0.25) is 0 Å². The largest absolute Gasteiger partial charge is 0.386 e. The van der Waals surface area contributed by atoms with Crippen molar-refractivity contribution < 1.29 is 5.11 Å². The first-order chi connectivity index (χ1) is 8.84. The SMILES string of the molecule is OC(CNC1CCCc2sccc21)c1cccs1. The molecule has 0 bridgehead atoms. The highest BCUT2D eigenvalue weighted by Gasteiger charge is 2.21. The Balaban J connectivity index is 1.62. The van der Waals surface area contributed by atoms with Gasteiger partial charge in [0.2, 0.25) is 0 Å². The number of aliphatic hydroxyl groups excluding tert-OH is 1. The lowest BCUT2D eigenvalue weighted by atomic mass is 9.94. The van der Waals surface area contributed by atoms with E-state index in [4.69, 9.17) is 0 Å². The minimum absolute atomic E-state index is 0.381. The van der Waals surface area contributed by atoms with Gasteiger partial charge in [0.1, 0.15) is 6.10 Å². The van der Waals surface area contributed by atoms with Gasteiger partial charge >= 0.3 is 0 Å². The van der Waals surface area contributed by atoms with Gasteiger partial charge in [-0.2, -0.15) is 0 Å². The molecule has 2 aromatic rings. The topological polar surface area (TPSA) is 32.3 Å². The molecule has 0 radical (unpaired) electrons. The molecule has 2 aromatic heterocycles. The van der Waals surface area contributed by atoms with E-state index < -0.39 is 0 Å². The predicted molar refractivity (Wildman–Crippen MR) is 77.3 cm³/mol. The van der Waals surface area contributed by atoms with Crippen molar-refractivity contribution in [1.82, 2.24) is 5.32 Å². The minimum atomic E-state index is -0.381. The van der Waals surface area contributed by atoms with Crippen LogP contribution in [-0.4, -0.2) is 11.7 Å². The lowest BCUT2D eigenvalue weighted by Crippen LogP contribution is -2.28. The van der Waals surface area contributed by atoms with E-state index in [9.17, 15) is 5.11 Å². The summed E-state index contributed by atoms with van der Waals surface area (Å²) in [5.41, 5.74) is 1.45. The van der Waals surface area contributed by atoms with E-state index in [0.717, 1.165) is 4.88 Å². The molecule has 0 aromatic carbocycles. The van der Waals surface area contributed by atoms with Crippen molar-refractivity contribution in [1.29, 1.82) is 0 Å². The smallest absolute Gasteiger partial charge is 0.101 e. The second-order valence-electron chi connectivity index (χ2n) is 4.68. The molecule has 0 aliphatic heterocycles. The lowest BCUT2D eigenvalue weighted by molar-refractivity contribution is 0.172. The molecule has 96 valence electrons. The molecular formula is C14H17NOS2. The van der Waals surface area contributed by atoms with Crippen molar-refractivity contribution >= 4 is 22.7 Å². The van der Waals surface area contributed by atoms with Crippen molar-refractivity contribution in [3.63, 3.8) is 0 Å². The third-order valence-electron chi connectivity index (χ3n) is 3.48. The van der Waals surface area contributed by atoms with Crippen LogP contribution >= 0.6 is 22.7 Å².